The second-order valence-corrected chi connectivity index (χ2v) is 10.5. The molecule has 3 heteroatoms. The molecule has 0 N–H and O–H groups in total. The lowest BCUT2D eigenvalue weighted by Gasteiger charge is -2.28. The lowest BCUT2D eigenvalue weighted by Crippen LogP contribution is -2.20. The Kier molecular flexibility index (Phi) is 9.55. The van der Waals surface area contributed by atoms with Crippen LogP contribution in [0.3, 0.4) is 0 Å². The summed E-state index contributed by atoms with van der Waals surface area (Å²) < 4.78 is 35.7. The fraction of sp³-hybridized carbons (Fsp3) is 0.455. The van der Waals surface area contributed by atoms with Gasteiger partial charge >= 0.3 is 0 Å². The van der Waals surface area contributed by atoms with Gasteiger partial charge in [-0.25, -0.2) is 4.39 Å². The van der Waals surface area contributed by atoms with E-state index in [9.17, 15) is 8.78 Å². The molecule has 0 saturated heterocycles. The van der Waals surface area contributed by atoms with E-state index < -0.39 is 11.6 Å². The molecule has 0 aliphatic heterocycles. The molecular weight excluding hydrogens is 450 g/mol. The first-order valence-corrected chi connectivity index (χ1v) is 13.9. The SMILES string of the molecule is CCCCCC1CCC(COc2ccc(-c3ccc(-c4ccc(CCC)cc4)cc3)c(F)c2F)CC1. The van der Waals surface area contributed by atoms with Crippen molar-refractivity contribution in [3.8, 4) is 28.0 Å². The van der Waals surface area contributed by atoms with Crippen LogP contribution in [-0.4, -0.2) is 6.61 Å². The van der Waals surface area contributed by atoms with Gasteiger partial charge in [0.25, 0.3) is 0 Å². The molecule has 0 heterocycles. The molecule has 0 radical (unpaired) electrons. The summed E-state index contributed by atoms with van der Waals surface area (Å²) in [7, 11) is 0. The van der Waals surface area contributed by atoms with Gasteiger partial charge in [0, 0.05) is 5.56 Å². The molecule has 0 amide bonds. The topological polar surface area (TPSA) is 9.23 Å². The Morgan fingerprint density at radius 1 is 0.667 bits per heavy atom. The number of rotatable bonds is 11. The molecule has 0 unspecified atom stereocenters. The number of benzene rings is 3. The summed E-state index contributed by atoms with van der Waals surface area (Å²) in [5, 5.41) is 0. The van der Waals surface area contributed by atoms with Gasteiger partial charge in [-0.2, -0.15) is 4.39 Å². The minimum absolute atomic E-state index is 0.0186. The highest BCUT2D eigenvalue weighted by molar-refractivity contribution is 5.71. The first-order chi connectivity index (χ1) is 17.6. The van der Waals surface area contributed by atoms with Gasteiger partial charge in [0.1, 0.15) is 0 Å². The highest BCUT2D eigenvalue weighted by Gasteiger charge is 2.23. The third-order valence-electron chi connectivity index (χ3n) is 7.73. The van der Waals surface area contributed by atoms with Crippen LogP contribution in [0.2, 0.25) is 0 Å². The van der Waals surface area contributed by atoms with Crippen molar-refractivity contribution in [2.45, 2.75) is 78.1 Å². The first-order valence-electron chi connectivity index (χ1n) is 13.9. The number of halogens is 2. The fourth-order valence-electron chi connectivity index (χ4n) is 5.44. The van der Waals surface area contributed by atoms with Crippen LogP contribution in [0.15, 0.2) is 60.7 Å². The van der Waals surface area contributed by atoms with Crippen molar-refractivity contribution >= 4 is 0 Å². The Morgan fingerprint density at radius 3 is 1.92 bits per heavy atom. The lowest BCUT2D eigenvalue weighted by molar-refractivity contribution is 0.172. The van der Waals surface area contributed by atoms with Gasteiger partial charge in [-0.05, 0) is 65.5 Å². The molecule has 3 aromatic carbocycles. The summed E-state index contributed by atoms with van der Waals surface area (Å²) in [5.41, 5.74) is 4.42. The largest absolute Gasteiger partial charge is 0.490 e. The van der Waals surface area contributed by atoms with E-state index in [0.29, 0.717) is 18.1 Å². The van der Waals surface area contributed by atoms with Gasteiger partial charge in [0.15, 0.2) is 11.6 Å². The summed E-state index contributed by atoms with van der Waals surface area (Å²) in [6.45, 7) is 4.88. The van der Waals surface area contributed by atoms with Crippen LogP contribution in [0.25, 0.3) is 22.3 Å². The Hall–Kier alpha value is -2.68. The second-order valence-electron chi connectivity index (χ2n) is 10.5. The Bertz CT molecular complexity index is 1080. The van der Waals surface area contributed by atoms with Crippen LogP contribution in [0.5, 0.6) is 5.75 Å². The lowest BCUT2D eigenvalue weighted by atomic mass is 9.80. The van der Waals surface area contributed by atoms with E-state index in [1.807, 2.05) is 24.3 Å². The van der Waals surface area contributed by atoms with Gasteiger partial charge < -0.3 is 4.74 Å². The molecule has 1 saturated carbocycles. The van der Waals surface area contributed by atoms with Crippen molar-refractivity contribution in [3.63, 3.8) is 0 Å². The van der Waals surface area contributed by atoms with E-state index in [-0.39, 0.29) is 11.3 Å². The quantitative estimate of drug-likeness (QED) is 0.243. The predicted octanol–water partition coefficient (Wildman–Crippen LogP) is 10.0. The fourth-order valence-corrected chi connectivity index (χ4v) is 5.44. The number of unbranched alkanes of at least 4 members (excludes halogenated alkanes) is 2. The minimum Gasteiger partial charge on any atom is -0.490 e. The smallest absolute Gasteiger partial charge is 0.201 e. The van der Waals surface area contributed by atoms with E-state index in [4.69, 9.17) is 4.74 Å². The normalized spacial score (nSPS) is 17.8. The van der Waals surface area contributed by atoms with Gasteiger partial charge in [-0.1, -0.05) is 107 Å². The molecule has 0 bridgehead atoms. The van der Waals surface area contributed by atoms with Gasteiger partial charge in [0.2, 0.25) is 5.82 Å². The Balaban J connectivity index is 1.35. The monoisotopic (exact) mass is 490 g/mol. The number of hydrogen-bond donors (Lipinski definition) is 0. The van der Waals surface area contributed by atoms with Crippen molar-refractivity contribution in [3.05, 3.63) is 77.9 Å². The summed E-state index contributed by atoms with van der Waals surface area (Å²) in [6, 6.07) is 19.4. The molecule has 1 fully saturated rings. The molecule has 0 aromatic heterocycles. The Morgan fingerprint density at radius 2 is 1.28 bits per heavy atom. The Labute approximate surface area is 215 Å². The summed E-state index contributed by atoms with van der Waals surface area (Å²) >= 11 is 0. The standard InChI is InChI=1S/C33H40F2O/c1-3-5-6-8-25-9-11-26(12-10-25)23-36-31-22-21-30(32(34)33(31)35)29-19-17-28(18-20-29)27-15-13-24(7-4-2)14-16-27/h13-22,25-26H,3-12,23H2,1-2H3. The van der Waals surface area contributed by atoms with Crippen LogP contribution in [0, 0.1) is 23.5 Å². The van der Waals surface area contributed by atoms with Crippen molar-refractivity contribution in [2.24, 2.45) is 11.8 Å². The zero-order valence-electron chi connectivity index (χ0n) is 21.9. The number of hydrogen-bond acceptors (Lipinski definition) is 1. The van der Waals surface area contributed by atoms with E-state index >= 15 is 0 Å². The van der Waals surface area contributed by atoms with Crippen LogP contribution in [-0.2, 0) is 6.42 Å². The summed E-state index contributed by atoms with van der Waals surface area (Å²) in [4.78, 5) is 0. The number of ether oxygens (including phenoxy) is 1. The third kappa shape index (κ3) is 6.75. The molecule has 0 atom stereocenters. The molecule has 4 rings (SSSR count). The summed E-state index contributed by atoms with van der Waals surface area (Å²) in [5.74, 6) is -0.462. The maximum absolute atomic E-state index is 15.0. The molecule has 0 spiro atoms. The van der Waals surface area contributed by atoms with Crippen molar-refractivity contribution in [2.75, 3.05) is 6.61 Å². The zero-order chi connectivity index (χ0) is 25.3. The summed E-state index contributed by atoms with van der Waals surface area (Å²) in [6.07, 6.45) is 12.1. The maximum Gasteiger partial charge on any atom is 0.201 e. The van der Waals surface area contributed by atoms with Crippen molar-refractivity contribution in [1.29, 1.82) is 0 Å². The molecule has 1 aliphatic rings. The van der Waals surface area contributed by atoms with Crippen LogP contribution in [0.1, 0.15) is 77.2 Å². The zero-order valence-corrected chi connectivity index (χ0v) is 21.9. The molecule has 3 aromatic rings. The maximum atomic E-state index is 15.0. The van der Waals surface area contributed by atoms with Crippen LogP contribution < -0.4 is 4.74 Å². The van der Waals surface area contributed by atoms with Gasteiger partial charge in [0.05, 0.1) is 6.61 Å². The van der Waals surface area contributed by atoms with E-state index in [1.54, 1.807) is 12.1 Å². The van der Waals surface area contributed by atoms with E-state index in [2.05, 4.69) is 38.1 Å². The highest BCUT2D eigenvalue weighted by atomic mass is 19.2. The molecule has 1 nitrogen and oxygen atoms in total. The second kappa shape index (κ2) is 13.0. The third-order valence-corrected chi connectivity index (χ3v) is 7.73. The van der Waals surface area contributed by atoms with Gasteiger partial charge in [-0.3, -0.25) is 0 Å². The molecular formula is C33H40F2O. The molecule has 1 aliphatic carbocycles. The average molecular weight is 491 g/mol. The first kappa shape index (κ1) is 26.4. The van der Waals surface area contributed by atoms with Crippen molar-refractivity contribution < 1.29 is 13.5 Å². The molecule has 36 heavy (non-hydrogen) atoms. The van der Waals surface area contributed by atoms with Gasteiger partial charge in [-0.15, -0.1) is 0 Å². The highest BCUT2D eigenvalue weighted by Crippen LogP contribution is 2.34. The number of aryl methyl sites for hydroxylation is 1. The van der Waals surface area contributed by atoms with Crippen LogP contribution >= 0.6 is 0 Å². The minimum atomic E-state index is -0.892. The average Bonchev–Trinajstić information content (AvgIpc) is 2.91. The van der Waals surface area contributed by atoms with E-state index in [1.165, 1.54) is 44.1 Å². The van der Waals surface area contributed by atoms with Crippen molar-refractivity contribution in [1.82, 2.24) is 0 Å². The predicted molar refractivity (Wildman–Crippen MR) is 146 cm³/mol. The molecule has 192 valence electrons. The van der Waals surface area contributed by atoms with E-state index in [0.717, 1.165) is 42.7 Å². The van der Waals surface area contributed by atoms with Crippen LogP contribution in [0.4, 0.5) is 8.78 Å².